The maximum Gasteiger partial charge on any atom is 0.214 e. The Morgan fingerprint density at radius 1 is 1.21 bits per heavy atom. The van der Waals surface area contributed by atoms with Crippen LogP contribution >= 0.6 is 0 Å². The van der Waals surface area contributed by atoms with Gasteiger partial charge in [0.2, 0.25) is 5.91 Å². The Bertz CT molecular complexity index is 143. The molecule has 1 aliphatic heterocycles. The summed E-state index contributed by atoms with van der Waals surface area (Å²) in [5.41, 5.74) is 4.47. The van der Waals surface area contributed by atoms with Gasteiger partial charge in [-0.3, -0.25) is 4.79 Å². The lowest BCUT2D eigenvalue weighted by molar-refractivity contribution is -0.117. The van der Waals surface area contributed by atoms with Gasteiger partial charge < -0.3 is 15.8 Å². The fourth-order valence-electron chi connectivity index (χ4n) is 0.625. The van der Waals surface area contributed by atoms with Gasteiger partial charge in [-0.2, -0.15) is 0 Å². The number of carbonyl (C=O) groups excluding carboxylic acids is 2. The molecule has 1 saturated heterocycles. The van der Waals surface area contributed by atoms with Crippen molar-refractivity contribution < 1.29 is 9.59 Å². The topological polar surface area (TPSA) is 72.2 Å². The Hall–Kier alpha value is -0.900. The van der Waals surface area contributed by atoms with Gasteiger partial charge in [-0.05, 0) is 32.9 Å². The van der Waals surface area contributed by atoms with Gasteiger partial charge >= 0.3 is 0 Å². The molecule has 4 nitrogen and oxygen atoms in total. The molecule has 0 spiro atoms. The van der Waals surface area contributed by atoms with Crippen LogP contribution in [-0.2, 0) is 9.59 Å². The van der Waals surface area contributed by atoms with Crippen molar-refractivity contribution in [1.82, 2.24) is 5.32 Å². The van der Waals surface area contributed by atoms with E-state index in [0.29, 0.717) is 6.42 Å². The lowest BCUT2D eigenvalue weighted by Gasteiger charge is -1.76. The Morgan fingerprint density at radius 3 is 1.57 bits per heavy atom. The van der Waals surface area contributed by atoms with Crippen molar-refractivity contribution in [3.05, 3.63) is 0 Å². The Balaban J connectivity index is 0. The summed E-state index contributed by atoms with van der Waals surface area (Å²) in [4.78, 5) is 19.0. The molecule has 0 unspecified atom stereocenters. The Kier molecular flexibility index (Phi) is 13.5. The molecular formula is C10H22N2O2. The minimum Gasteiger partial charge on any atom is -0.370 e. The Labute approximate surface area is 86.2 Å². The summed E-state index contributed by atoms with van der Waals surface area (Å²) in [6.07, 6.45) is 3.44. The van der Waals surface area contributed by atoms with Crippen LogP contribution in [0.2, 0.25) is 0 Å². The lowest BCUT2D eigenvalue weighted by atomic mass is 10.4. The van der Waals surface area contributed by atoms with Crippen LogP contribution in [0.5, 0.6) is 0 Å². The number of nitrogens with one attached hydrogen (secondary N) is 1. The summed E-state index contributed by atoms with van der Waals surface area (Å²) in [7, 11) is 0. The largest absolute Gasteiger partial charge is 0.370 e. The molecule has 0 atom stereocenters. The van der Waals surface area contributed by atoms with Crippen LogP contribution in [0.4, 0.5) is 0 Å². The molecule has 1 heterocycles. The predicted molar refractivity (Wildman–Crippen MR) is 57.9 cm³/mol. The van der Waals surface area contributed by atoms with E-state index in [-0.39, 0.29) is 11.7 Å². The van der Waals surface area contributed by atoms with Crippen molar-refractivity contribution in [3.63, 3.8) is 0 Å². The summed E-state index contributed by atoms with van der Waals surface area (Å²) in [6, 6.07) is 0. The number of Topliss-reactive ketones (excluding diaryl/α,β-unsaturated/α-hetero) is 1. The lowest BCUT2D eigenvalue weighted by Crippen LogP contribution is -2.03. The van der Waals surface area contributed by atoms with Crippen LogP contribution in [-0.4, -0.2) is 24.8 Å². The first kappa shape index (κ1) is 15.6. The maximum atomic E-state index is 9.81. The third kappa shape index (κ3) is 30.4. The Morgan fingerprint density at radius 2 is 1.50 bits per heavy atom. The molecule has 4 heteroatoms. The second-order valence-electron chi connectivity index (χ2n) is 3.12. The summed E-state index contributed by atoms with van der Waals surface area (Å²) in [6.45, 7) is 7.24. The van der Waals surface area contributed by atoms with Crippen molar-refractivity contribution in [1.29, 1.82) is 0 Å². The highest BCUT2D eigenvalue weighted by Gasteiger charge is 1.93. The molecule has 0 radical (unpaired) electrons. The van der Waals surface area contributed by atoms with Crippen LogP contribution in [0.25, 0.3) is 0 Å². The quantitative estimate of drug-likeness (QED) is 0.662. The van der Waals surface area contributed by atoms with Crippen LogP contribution in [0, 0.1) is 0 Å². The summed E-state index contributed by atoms with van der Waals surface area (Å²) >= 11 is 0. The van der Waals surface area contributed by atoms with Crippen molar-refractivity contribution in [2.75, 3.05) is 13.1 Å². The van der Waals surface area contributed by atoms with Gasteiger partial charge in [0.15, 0.2) is 0 Å². The minimum absolute atomic E-state index is 0.255. The summed E-state index contributed by atoms with van der Waals surface area (Å²) in [5.74, 6) is -0.0787. The van der Waals surface area contributed by atoms with Gasteiger partial charge in [-0.15, -0.1) is 0 Å². The summed E-state index contributed by atoms with van der Waals surface area (Å²) in [5, 5.41) is 3.22. The van der Waals surface area contributed by atoms with Crippen molar-refractivity contribution in [2.45, 2.75) is 40.0 Å². The fourth-order valence-corrected chi connectivity index (χ4v) is 0.625. The molecule has 1 fully saturated rings. The van der Waals surface area contributed by atoms with Gasteiger partial charge in [0.1, 0.15) is 5.78 Å². The van der Waals surface area contributed by atoms with E-state index < -0.39 is 0 Å². The molecule has 84 valence electrons. The molecule has 0 aliphatic carbocycles. The number of nitrogens with two attached hydrogens (primary N) is 1. The van der Waals surface area contributed by atoms with E-state index >= 15 is 0 Å². The van der Waals surface area contributed by atoms with Crippen LogP contribution in [0.1, 0.15) is 40.0 Å². The highest BCUT2D eigenvalue weighted by atomic mass is 16.1. The fraction of sp³-hybridized carbons (Fsp3) is 0.800. The van der Waals surface area contributed by atoms with E-state index in [0.717, 1.165) is 0 Å². The molecule has 1 aliphatic rings. The highest BCUT2D eigenvalue weighted by molar-refractivity contribution is 5.74. The second kappa shape index (κ2) is 12.1. The molecule has 1 rings (SSSR count). The molecule has 0 aromatic rings. The molecule has 1 amide bonds. The number of amides is 1. The van der Waals surface area contributed by atoms with Crippen LogP contribution in [0.3, 0.4) is 0 Å². The van der Waals surface area contributed by atoms with Crippen molar-refractivity contribution >= 4 is 11.7 Å². The van der Waals surface area contributed by atoms with Crippen molar-refractivity contribution in [3.8, 4) is 0 Å². The van der Waals surface area contributed by atoms with Gasteiger partial charge in [-0.1, -0.05) is 6.92 Å². The number of rotatable bonds is 1. The standard InChI is InChI=1S/C4H9N.C4H8O.C2H5NO/c1-2-4-5-3-1;1-3-4(2)5;1-2(3)4/h5H,1-4H2;3H2,1-2H3;1H3,(H2,3,4). The molecular weight excluding hydrogens is 180 g/mol. The SMILES string of the molecule is C1CCNC1.CC(N)=O.CCC(C)=O. The average Bonchev–Trinajstić information content (AvgIpc) is 2.59. The maximum absolute atomic E-state index is 9.81. The van der Waals surface area contributed by atoms with Gasteiger partial charge in [0.25, 0.3) is 0 Å². The second-order valence-corrected chi connectivity index (χ2v) is 3.12. The summed E-state index contributed by atoms with van der Waals surface area (Å²) < 4.78 is 0. The smallest absolute Gasteiger partial charge is 0.214 e. The minimum atomic E-state index is -0.333. The monoisotopic (exact) mass is 202 g/mol. The number of hydrogen-bond acceptors (Lipinski definition) is 3. The molecule has 0 aromatic carbocycles. The van der Waals surface area contributed by atoms with Crippen LogP contribution in [0.15, 0.2) is 0 Å². The molecule has 0 bridgehead atoms. The first-order valence-corrected chi connectivity index (χ1v) is 4.96. The average molecular weight is 202 g/mol. The third-order valence-electron chi connectivity index (χ3n) is 1.45. The molecule has 0 aromatic heterocycles. The first-order chi connectivity index (χ1) is 6.50. The third-order valence-corrected chi connectivity index (χ3v) is 1.45. The molecule has 3 N–H and O–H groups in total. The zero-order valence-electron chi connectivity index (χ0n) is 9.43. The molecule has 0 saturated carbocycles. The predicted octanol–water partition coefficient (Wildman–Crippen LogP) is 0.847. The van der Waals surface area contributed by atoms with Gasteiger partial charge in [0, 0.05) is 13.3 Å². The van der Waals surface area contributed by atoms with E-state index in [1.807, 2.05) is 6.92 Å². The van der Waals surface area contributed by atoms with E-state index in [1.165, 1.54) is 32.9 Å². The zero-order chi connectivity index (χ0) is 11.4. The van der Waals surface area contributed by atoms with E-state index in [9.17, 15) is 9.59 Å². The number of hydrogen-bond donors (Lipinski definition) is 2. The number of ketones is 1. The van der Waals surface area contributed by atoms with Gasteiger partial charge in [-0.25, -0.2) is 0 Å². The van der Waals surface area contributed by atoms with E-state index in [4.69, 9.17) is 0 Å². The first-order valence-electron chi connectivity index (χ1n) is 4.96. The zero-order valence-corrected chi connectivity index (χ0v) is 9.43. The van der Waals surface area contributed by atoms with Crippen molar-refractivity contribution in [2.24, 2.45) is 5.73 Å². The van der Waals surface area contributed by atoms with Gasteiger partial charge in [0.05, 0.1) is 0 Å². The number of carbonyl (C=O) groups is 2. The van der Waals surface area contributed by atoms with E-state index in [1.54, 1.807) is 6.92 Å². The van der Waals surface area contributed by atoms with Crippen LogP contribution < -0.4 is 11.1 Å². The van der Waals surface area contributed by atoms with E-state index in [2.05, 4.69) is 11.1 Å². The normalized spacial score (nSPS) is 13.1. The highest BCUT2D eigenvalue weighted by Crippen LogP contribution is 1.90. The number of primary amides is 1. The molecule has 14 heavy (non-hydrogen) atoms.